The number of carboxylic acids is 1. The number of rotatable bonds is 4. The molecule has 0 saturated heterocycles. The Kier molecular flexibility index (Phi) is 2.37. The molecule has 1 amide bonds. The summed E-state index contributed by atoms with van der Waals surface area (Å²) in [6.07, 6.45) is 2.33. The number of aromatic nitrogens is 3. The summed E-state index contributed by atoms with van der Waals surface area (Å²) in [5, 5.41) is 15.4. The molecular weight excluding hydrogens is 212 g/mol. The van der Waals surface area contributed by atoms with Crippen molar-refractivity contribution in [1.29, 1.82) is 0 Å². The van der Waals surface area contributed by atoms with Crippen molar-refractivity contribution in [2.45, 2.75) is 19.4 Å². The summed E-state index contributed by atoms with van der Waals surface area (Å²) in [6.45, 7) is 0.161. The van der Waals surface area contributed by atoms with Gasteiger partial charge >= 0.3 is 5.97 Å². The molecule has 2 rings (SSSR count). The van der Waals surface area contributed by atoms with Gasteiger partial charge in [0, 0.05) is 7.05 Å². The Morgan fingerprint density at radius 1 is 1.62 bits per heavy atom. The van der Waals surface area contributed by atoms with Gasteiger partial charge in [-0.1, -0.05) is 0 Å². The Labute approximate surface area is 91.5 Å². The maximum absolute atomic E-state index is 11.6. The SMILES string of the molecule is Cn1cnc(CNC(=O)C2(C(=O)O)CC2)n1. The molecule has 1 saturated carbocycles. The Morgan fingerprint density at radius 2 is 2.31 bits per heavy atom. The summed E-state index contributed by atoms with van der Waals surface area (Å²) in [4.78, 5) is 26.4. The first kappa shape index (κ1) is 10.6. The maximum Gasteiger partial charge on any atom is 0.319 e. The van der Waals surface area contributed by atoms with Crippen molar-refractivity contribution >= 4 is 11.9 Å². The fourth-order valence-electron chi connectivity index (χ4n) is 1.46. The number of carbonyl (C=O) groups is 2. The number of aryl methyl sites for hydroxylation is 1. The molecule has 0 atom stereocenters. The second kappa shape index (κ2) is 3.58. The highest BCUT2D eigenvalue weighted by molar-refractivity contribution is 6.04. The summed E-state index contributed by atoms with van der Waals surface area (Å²) in [6, 6.07) is 0. The molecule has 1 aliphatic rings. The monoisotopic (exact) mass is 224 g/mol. The number of hydrogen-bond donors (Lipinski definition) is 2. The number of aliphatic carboxylic acids is 1. The van der Waals surface area contributed by atoms with Gasteiger partial charge in [-0.25, -0.2) is 4.98 Å². The summed E-state index contributed by atoms with van der Waals surface area (Å²) in [5.74, 6) is -1.04. The van der Waals surface area contributed by atoms with Crippen LogP contribution in [0.15, 0.2) is 6.33 Å². The van der Waals surface area contributed by atoms with Gasteiger partial charge in [-0.15, -0.1) is 0 Å². The normalized spacial score (nSPS) is 16.8. The lowest BCUT2D eigenvalue weighted by Gasteiger charge is -2.08. The van der Waals surface area contributed by atoms with E-state index in [1.54, 1.807) is 7.05 Å². The minimum Gasteiger partial charge on any atom is -0.480 e. The van der Waals surface area contributed by atoms with E-state index in [0.29, 0.717) is 18.7 Å². The van der Waals surface area contributed by atoms with E-state index in [4.69, 9.17) is 5.11 Å². The van der Waals surface area contributed by atoms with Gasteiger partial charge in [0.25, 0.3) is 0 Å². The minimum absolute atomic E-state index is 0.161. The Bertz CT molecular complexity index is 436. The number of amides is 1. The van der Waals surface area contributed by atoms with Crippen LogP contribution in [0.4, 0.5) is 0 Å². The van der Waals surface area contributed by atoms with Gasteiger partial charge in [-0.2, -0.15) is 5.10 Å². The standard InChI is InChI=1S/C9H12N4O3/c1-13-5-11-6(12-13)4-10-7(14)9(2-3-9)8(15)16/h5H,2-4H2,1H3,(H,10,14)(H,15,16). The molecule has 0 bridgehead atoms. The maximum atomic E-state index is 11.6. The van der Waals surface area contributed by atoms with Gasteiger partial charge in [0.2, 0.25) is 5.91 Å². The van der Waals surface area contributed by atoms with Crippen LogP contribution in [0, 0.1) is 5.41 Å². The molecular formula is C9H12N4O3. The van der Waals surface area contributed by atoms with Gasteiger partial charge < -0.3 is 10.4 Å². The minimum atomic E-state index is -1.20. The van der Waals surface area contributed by atoms with Crippen LogP contribution in [-0.2, 0) is 23.2 Å². The first-order chi connectivity index (χ1) is 7.54. The zero-order valence-electron chi connectivity index (χ0n) is 8.80. The quantitative estimate of drug-likeness (QED) is 0.659. The Balaban J connectivity index is 1.92. The Hall–Kier alpha value is -1.92. The molecule has 86 valence electrons. The zero-order chi connectivity index (χ0) is 11.8. The molecule has 1 heterocycles. The van der Waals surface area contributed by atoms with E-state index in [0.717, 1.165) is 0 Å². The van der Waals surface area contributed by atoms with E-state index in [1.165, 1.54) is 11.0 Å². The topological polar surface area (TPSA) is 97.1 Å². The average molecular weight is 224 g/mol. The van der Waals surface area contributed by atoms with Crippen molar-refractivity contribution in [3.8, 4) is 0 Å². The molecule has 1 aromatic heterocycles. The highest BCUT2D eigenvalue weighted by Crippen LogP contribution is 2.46. The number of hydrogen-bond acceptors (Lipinski definition) is 4. The molecule has 0 spiro atoms. The number of nitrogens with one attached hydrogen (secondary N) is 1. The second-order valence-corrected chi connectivity index (χ2v) is 3.90. The van der Waals surface area contributed by atoms with Crippen LogP contribution in [0.1, 0.15) is 18.7 Å². The first-order valence-corrected chi connectivity index (χ1v) is 4.91. The van der Waals surface area contributed by atoms with Gasteiger partial charge in [-0.05, 0) is 12.8 Å². The van der Waals surface area contributed by atoms with Gasteiger partial charge in [-0.3, -0.25) is 14.3 Å². The van der Waals surface area contributed by atoms with E-state index in [-0.39, 0.29) is 6.54 Å². The van der Waals surface area contributed by atoms with Crippen LogP contribution in [0.25, 0.3) is 0 Å². The van der Waals surface area contributed by atoms with Crippen molar-refractivity contribution in [1.82, 2.24) is 20.1 Å². The summed E-state index contributed by atoms with van der Waals surface area (Å²) < 4.78 is 1.52. The van der Waals surface area contributed by atoms with E-state index in [9.17, 15) is 9.59 Å². The molecule has 7 heteroatoms. The van der Waals surface area contributed by atoms with Crippen LogP contribution in [0.2, 0.25) is 0 Å². The van der Waals surface area contributed by atoms with Crippen LogP contribution in [0.5, 0.6) is 0 Å². The van der Waals surface area contributed by atoms with E-state index < -0.39 is 17.3 Å². The molecule has 0 aliphatic heterocycles. The zero-order valence-corrected chi connectivity index (χ0v) is 8.80. The van der Waals surface area contributed by atoms with Gasteiger partial charge in [0.05, 0.1) is 6.54 Å². The average Bonchev–Trinajstić information content (AvgIpc) is 2.95. The van der Waals surface area contributed by atoms with Crippen LogP contribution in [0.3, 0.4) is 0 Å². The predicted molar refractivity (Wildman–Crippen MR) is 52.2 cm³/mol. The summed E-state index contributed by atoms with van der Waals surface area (Å²) >= 11 is 0. The van der Waals surface area contributed by atoms with Gasteiger partial charge in [0.15, 0.2) is 5.82 Å². The van der Waals surface area contributed by atoms with Crippen molar-refractivity contribution in [3.05, 3.63) is 12.2 Å². The van der Waals surface area contributed by atoms with Crippen molar-refractivity contribution < 1.29 is 14.7 Å². The molecule has 1 aliphatic carbocycles. The van der Waals surface area contributed by atoms with E-state index in [1.807, 2.05) is 0 Å². The molecule has 7 nitrogen and oxygen atoms in total. The third kappa shape index (κ3) is 1.75. The summed E-state index contributed by atoms with van der Waals surface area (Å²) in [7, 11) is 1.72. The molecule has 1 fully saturated rings. The lowest BCUT2D eigenvalue weighted by atomic mass is 10.1. The van der Waals surface area contributed by atoms with Crippen molar-refractivity contribution in [2.75, 3.05) is 0 Å². The van der Waals surface area contributed by atoms with Gasteiger partial charge in [0.1, 0.15) is 11.7 Å². The van der Waals surface area contributed by atoms with E-state index in [2.05, 4.69) is 15.4 Å². The molecule has 1 aromatic rings. The Morgan fingerprint density at radius 3 is 2.75 bits per heavy atom. The van der Waals surface area contributed by atoms with Crippen LogP contribution in [-0.4, -0.2) is 31.7 Å². The molecule has 0 unspecified atom stereocenters. The van der Waals surface area contributed by atoms with Crippen molar-refractivity contribution in [2.24, 2.45) is 12.5 Å². The fraction of sp³-hybridized carbons (Fsp3) is 0.556. The lowest BCUT2D eigenvalue weighted by Crippen LogP contribution is -2.36. The molecule has 0 aromatic carbocycles. The third-order valence-electron chi connectivity index (χ3n) is 2.65. The van der Waals surface area contributed by atoms with Crippen LogP contribution >= 0.6 is 0 Å². The van der Waals surface area contributed by atoms with E-state index >= 15 is 0 Å². The number of carboxylic acid groups (broad SMARTS) is 1. The fourth-order valence-corrected chi connectivity index (χ4v) is 1.46. The predicted octanol–water partition coefficient (Wildman–Crippen LogP) is -0.704. The van der Waals surface area contributed by atoms with Crippen LogP contribution < -0.4 is 5.32 Å². The largest absolute Gasteiger partial charge is 0.480 e. The highest BCUT2D eigenvalue weighted by atomic mass is 16.4. The first-order valence-electron chi connectivity index (χ1n) is 4.91. The molecule has 2 N–H and O–H groups in total. The third-order valence-corrected chi connectivity index (χ3v) is 2.65. The molecule has 16 heavy (non-hydrogen) atoms. The lowest BCUT2D eigenvalue weighted by molar-refractivity contribution is -0.149. The summed E-state index contributed by atoms with van der Waals surface area (Å²) in [5.41, 5.74) is -1.20. The smallest absolute Gasteiger partial charge is 0.319 e. The second-order valence-electron chi connectivity index (χ2n) is 3.90. The number of nitrogens with zero attached hydrogens (tertiary/aromatic N) is 3. The molecule has 0 radical (unpaired) electrons. The number of carbonyl (C=O) groups excluding carboxylic acids is 1. The highest BCUT2D eigenvalue weighted by Gasteiger charge is 2.56. The van der Waals surface area contributed by atoms with Crippen molar-refractivity contribution in [3.63, 3.8) is 0 Å².